The van der Waals surface area contributed by atoms with Gasteiger partial charge < -0.3 is 10.1 Å². The van der Waals surface area contributed by atoms with Crippen LogP contribution < -0.4 is 20.9 Å². The average Bonchev–Trinajstić information content (AvgIpc) is 3.04. The highest BCUT2D eigenvalue weighted by Crippen LogP contribution is 2.25. The number of rotatable bonds is 5. The monoisotopic (exact) mass is 370 g/mol. The van der Waals surface area contributed by atoms with E-state index in [9.17, 15) is 14.9 Å². The average molecular weight is 370 g/mol. The van der Waals surface area contributed by atoms with Gasteiger partial charge in [0.1, 0.15) is 12.2 Å². The molecule has 1 aliphatic rings. The minimum Gasteiger partial charge on any atom is -0.475 e. The number of thiocarbonyl (C=S) groups is 1. The van der Waals surface area contributed by atoms with Crippen molar-refractivity contribution < 1.29 is 14.5 Å². The number of aromatic nitrogens is 2. The lowest BCUT2D eigenvalue weighted by Gasteiger charge is -2.24. The third-order valence-corrected chi connectivity index (χ3v) is 4.31. The van der Waals surface area contributed by atoms with Gasteiger partial charge in [-0.05, 0) is 32.0 Å². The molecule has 138 valence electrons. The molecular formula is C14H22N6O4S. The Morgan fingerprint density at radius 1 is 1.44 bits per heavy atom. The summed E-state index contributed by atoms with van der Waals surface area (Å²) in [5.74, 6) is -0.583. The number of hydrogen-bond acceptors (Lipinski definition) is 6. The van der Waals surface area contributed by atoms with Crippen LogP contribution in [0.15, 0.2) is 6.20 Å². The molecule has 0 bridgehead atoms. The van der Waals surface area contributed by atoms with Crippen molar-refractivity contribution in [2.75, 3.05) is 7.11 Å². The summed E-state index contributed by atoms with van der Waals surface area (Å²) in [4.78, 5) is 22.5. The first kappa shape index (κ1) is 18.9. The molecule has 1 amide bonds. The topological polar surface area (TPSA) is 123 Å². The van der Waals surface area contributed by atoms with Crippen LogP contribution in [0.2, 0.25) is 0 Å². The number of carbonyl (C=O) groups is 1. The van der Waals surface area contributed by atoms with Crippen molar-refractivity contribution in [1.29, 1.82) is 0 Å². The van der Waals surface area contributed by atoms with Crippen LogP contribution in [-0.4, -0.2) is 38.9 Å². The van der Waals surface area contributed by atoms with Gasteiger partial charge in [-0.15, -0.1) is 5.10 Å². The summed E-state index contributed by atoms with van der Waals surface area (Å²) in [7, 11) is 1.28. The van der Waals surface area contributed by atoms with E-state index in [1.165, 1.54) is 31.1 Å². The molecule has 11 heteroatoms. The molecule has 0 aliphatic heterocycles. The highest BCUT2D eigenvalue weighted by Gasteiger charge is 2.25. The van der Waals surface area contributed by atoms with Gasteiger partial charge in [-0.3, -0.25) is 25.8 Å². The molecule has 1 aliphatic carbocycles. The Morgan fingerprint density at radius 3 is 2.68 bits per heavy atom. The van der Waals surface area contributed by atoms with E-state index < -0.39 is 16.9 Å². The van der Waals surface area contributed by atoms with Crippen LogP contribution in [-0.2, 0) is 4.79 Å². The highest BCUT2D eigenvalue weighted by molar-refractivity contribution is 7.80. The molecule has 1 aromatic heterocycles. The van der Waals surface area contributed by atoms with Gasteiger partial charge in [-0.25, -0.2) is 4.68 Å². The minimum atomic E-state index is -0.785. The predicted molar refractivity (Wildman–Crippen MR) is 94.0 cm³/mol. The maximum absolute atomic E-state index is 12.2. The second kappa shape index (κ2) is 8.60. The second-order valence-electron chi connectivity index (χ2n) is 5.86. The molecule has 0 spiro atoms. The molecule has 0 radical (unpaired) electrons. The second-order valence-corrected chi connectivity index (χ2v) is 6.27. The van der Waals surface area contributed by atoms with Gasteiger partial charge in [-0.1, -0.05) is 19.3 Å². The van der Waals surface area contributed by atoms with Gasteiger partial charge >= 0.3 is 11.6 Å². The Balaban J connectivity index is 1.87. The smallest absolute Gasteiger partial charge is 0.350 e. The summed E-state index contributed by atoms with van der Waals surface area (Å²) < 4.78 is 6.02. The molecule has 10 nitrogen and oxygen atoms in total. The first-order valence-corrected chi connectivity index (χ1v) is 8.47. The van der Waals surface area contributed by atoms with Gasteiger partial charge in [0, 0.05) is 6.04 Å². The zero-order valence-corrected chi connectivity index (χ0v) is 15.0. The molecule has 25 heavy (non-hydrogen) atoms. The zero-order valence-electron chi connectivity index (χ0n) is 14.2. The van der Waals surface area contributed by atoms with E-state index in [1.54, 1.807) is 6.92 Å². The Kier molecular flexibility index (Phi) is 6.51. The van der Waals surface area contributed by atoms with E-state index >= 15 is 0 Å². The van der Waals surface area contributed by atoms with Crippen LogP contribution in [0.3, 0.4) is 0 Å². The fraction of sp³-hybridized carbons (Fsp3) is 0.643. The maximum Gasteiger partial charge on any atom is 0.350 e. The number of nitrogens with zero attached hydrogens (tertiary/aromatic N) is 3. The molecule has 2 rings (SSSR count). The van der Waals surface area contributed by atoms with Crippen molar-refractivity contribution in [3.63, 3.8) is 0 Å². The Labute approximate surface area is 150 Å². The quantitative estimate of drug-likeness (QED) is 0.401. The van der Waals surface area contributed by atoms with Crippen LogP contribution >= 0.6 is 12.2 Å². The van der Waals surface area contributed by atoms with Crippen molar-refractivity contribution in [3.05, 3.63) is 16.3 Å². The molecule has 0 aromatic carbocycles. The minimum absolute atomic E-state index is 0.146. The lowest BCUT2D eigenvalue weighted by Crippen LogP contribution is -2.51. The van der Waals surface area contributed by atoms with E-state index in [4.69, 9.17) is 17.0 Å². The first-order valence-electron chi connectivity index (χ1n) is 8.06. The van der Waals surface area contributed by atoms with Crippen molar-refractivity contribution in [2.24, 2.45) is 0 Å². The largest absolute Gasteiger partial charge is 0.475 e. The maximum atomic E-state index is 12.2. The number of nitrogens with one attached hydrogen (secondary N) is 3. The van der Waals surface area contributed by atoms with Crippen LogP contribution in [0, 0.1) is 10.1 Å². The lowest BCUT2D eigenvalue weighted by atomic mass is 9.96. The molecule has 1 saturated carbocycles. The zero-order chi connectivity index (χ0) is 18.4. The van der Waals surface area contributed by atoms with Gasteiger partial charge in [0.15, 0.2) is 5.11 Å². The predicted octanol–water partition coefficient (Wildman–Crippen LogP) is 1.19. The number of hydrazine groups is 1. The Bertz CT molecular complexity index is 643. The first-order chi connectivity index (χ1) is 11.9. The summed E-state index contributed by atoms with van der Waals surface area (Å²) in [6, 6.07) is -0.464. The van der Waals surface area contributed by atoms with E-state index in [2.05, 4.69) is 21.3 Å². The molecule has 0 saturated heterocycles. The summed E-state index contributed by atoms with van der Waals surface area (Å²) in [6.07, 6.45) is 6.85. The Morgan fingerprint density at radius 2 is 2.12 bits per heavy atom. The standard InChI is InChI=1S/C14H22N6O4S/c1-9(19-8-11(20(22)23)13(18-19)24-2)12(21)16-17-14(25)15-10-6-4-3-5-7-10/h8-10H,3-7H2,1-2H3,(H,16,21)(H2,15,17,25)/t9-/m0/s1. The van der Waals surface area contributed by atoms with Crippen LogP contribution in [0.1, 0.15) is 45.1 Å². The number of amides is 1. The van der Waals surface area contributed by atoms with Crippen molar-refractivity contribution in [1.82, 2.24) is 25.9 Å². The van der Waals surface area contributed by atoms with Crippen LogP contribution in [0.5, 0.6) is 5.88 Å². The SMILES string of the molecule is COc1nn([C@@H](C)C(=O)NNC(=S)NC2CCCCC2)cc1[N+](=O)[O-]. The van der Waals surface area contributed by atoms with Crippen LogP contribution in [0.4, 0.5) is 5.69 Å². The highest BCUT2D eigenvalue weighted by atomic mass is 32.1. The molecule has 1 aromatic rings. The van der Waals surface area contributed by atoms with Crippen molar-refractivity contribution >= 4 is 28.9 Å². The number of methoxy groups -OCH3 is 1. The number of nitro groups is 1. The summed E-state index contributed by atoms with van der Waals surface area (Å²) >= 11 is 5.17. The third-order valence-electron chi connectivity index (χ3n) is 4.09. The fourth-order valence-corrected chi connectivity index (χ4v) is 2.86. The van der Waals surface area contributed by atoms with Crippen molar-refractivity contribution in [2.45, 2.75) is 51.1 Å². The van der Waals surface area contributed by atoms with Gasteiger partial charge in [0.25, 0.3) is 5.91 Å². The number of carbonyl (C=O) groups excluding carboxylic acids is 1. The van der Waals surface area contributed by atoms with Crippen molar-refractivity contribution in [3.8, 4) is 5.88 Å². The van der Waals surface area contributed by atoms with Crippen LogP contribution in [0.25, 0.3) is 0 Å². The molecule has 0 unspecified atom stereocenters. The fourth-order valence-electron chi connectivity index (χ4n) is 2.65. The molecule has 3 N–H and O–H groups in total. The normalized spacial score (nSPS) is 15.9. The van der Waals surface area contributed by atoms with Gasteiger partial charge in [0.05, 0.1) is 12.0 Å². The molecule has 1 heterocycles. The van der Waals surface area contributed by atoms with E-state index in [1.807, 2.05) is 0 Å². The Hall–Kier alpha value is -2.43. The van der Waals surface area contributed by atoms with Gasteiger partial charge in [0.2, 0.25) is 0 Å². The number of hydrogen-bond donors (Lipinski definition) is 3. The number of ether oxygens (including phenoxy) is 1. The van der Waals surface area contributed by atoms with E-state index in [0.717, 1.165) is 19.0 Å². The molecular weight excluding hydrogens is 348 g/mol. The summed E-state index contributed by atoms with van der Waals surface area (Å²) in [5.41, 5.74) is 4.83. The van der Waals surface area contributed by atoms with E-state index in [-0.39, 0.29) is 11.6 Å². The van der Waals surface area contributed by atoms with Gasteiger partial charge in [-0.2, -0.15) is 0 Å². The lowest BCUT2D eigenvalue weighted by molar-refractivity contribution is -0.385. The molecule has 1 atom stereocenters. The van der Waals surface area contributed by atoms with E-state index in [0.29, 0.717) is 11.2 Å². The summed E-state index contributed by atoms with van der Waals surface area (Å²) in [6.45, 7) is 1.56. The molecule has 1 fully saturated rings. The summed E-state index contributed by atoms with van der Waals surface area (Å²) in [5, 5.41) is 18.3. The third kappa shape index (κ3) is 5.02.